The minimum absolute atomic E-state index is 0.774. The van der Waals surface area contributed by atoms with E-state index in [4.69, 9.17) is 10.2 Å². The molecule has 2 N–H and O–H groups in total. The van der Waals surface area contributed by atoms with E-state index in [1.807, 2.05) is 36.4 Å². The van der Waals surface area contributed by atoms with E-state index >= 15 is 0 Å². The van der Waals surface area contributed by atoms with Crippen LogP contribution in [0, 0.1) is 0 Å². The van der Waals surface area contributed by atoms with Gasteiger partial charge in [-0.15, -0.1) is 0 Å². The van der Waals surface area contributed by atoms with Crippen LogP contribution < -0.4 is 5.73 Å². The topological polar surface area (TPSA) is 39.2 Å². The van der Waals surface area contributed by atoms with Crippen LogP contribution in [0.1, 0.15) is 12.7 Å². The van der Waals surface area contributed by atoms with Gasteiger partial charge in [0.1, 0.15) is 11.5 Å². The van der Waals surface area contributed by atoms with E-state index in [0.29, 0.717) is 0 Å². The number of hydrogen-bond donors (Lipinski definition) is 1. The number of aryl methyl sites for hydroxylation is 1. The molecule has 0 saturated heterocycles. The second kappa shape index (κ2) is 3.58. The van der Waals surface area contributed by atoms with Gasteiger partial charge in [-0.3, -0.25) is 0 Å². The lowest BCUT2D eigenvalue weighted by molar-refractivity contribution is 0.529. The number of hydrogen-bond acceptors (Lipinski definition) is 2. The van der Waals surface area contributed by atoms with Crippen LogP contribution in [-0.2, 0) is 6.42 Å². The molecule has 2 nitrogen and oxygen atoms in total. The largest absolute Gasteiger partial charge is 0.461 e. The van der Waals surface area contributed by atoms with Gasteiger partial charge < -0.3 is 10.2 Å². The van der Waals surface area contributed by atoms with Crippen LogP contribution in [0.15, 0.2) is 40.8 Å². The van der Waals surface area contributed by atoms with Crippen LogP contribution in [-0.4, -0.2) is 0 Å². The molecule has 1 aromatic carbocycles. The quantitative estimate of drug-likeness (QED) is 0.734. The first-order valence-electron chi connectivity index (χ1n) is 4.74. The summed E-state index contributed by atoms with van der Waals surface area (Å²) in [6.45, 7) is 2.07. The smallest absolute Gasteiger partial charge is 0.134 e. The summed E-state index contributed by atoms with van der Waals surface area (Å²) in [5.41, 5.74) is 7.45. The molecular formula is C12H13NO. The van der Waals surface area contributed by atoms with Crippen molar-refractivity contribution >= 4 is 5.69 Å². The van der Waals surface area contributed by atoms with Gasteiger partial charge in [0, 0.05) is 17.7 Å². The zero-order chi connectivity index (χ0) is 9.97. The molecule has 72 valence electrons. The van der Waals surface area contributed by atoms with Gasteiger partial charge in [-0.2, -0.15) is 0 Å². The van der Waals surface area contributed by atoms with Crippen LogP contribution in [0.4, 0.5) is 5.69 Å². The molecule has 1 aromatic heterocycles. The molecule has 0 radical (unpaired) electrons. The molecule has 0 unspecified atom stereocenters. The molecule has 1 heterocycles. The monoisotopic (exact) mass is 187 g/mol. The van der Waals surface area contributed by atoms with Crippen molar-refractivity contribution in [2.45, 2.75) is 13.3 Å². The highest BCUT2D eigenvalue weighted by molar-refractivity contribution is 5.60. The van der Waals surface area contributed by atoms with Crippen LogP contribution in [0.2, 0.25) is 0 Å². The number of nitrogen functional groups attached to an aromatic ring is 1. The van der Waals surface area contributed by atoms with Crippen molar-refractivity contribution in [2.75, 3.05) is 5.73 Å². The third kappa shape index (κ3) is 1.64. The number of rotatable bonds is 2. The summed E-state index contributed by atoms with van der Waals surface area (Å²) in [5.74, 6) is 1.92. The number of benzene rings is 1. The minimum atomic E-state index is 0.774. The maximum Gasteiger partial charge on any atom is 0.134 e. The summed E-state index contributed by atoms with van der Waals surface area (Å²) in [5, 5.41) is 0. The van der Waals surface area contributed by atoms with Gasteiger partial charge in [0.05, 0.1) is 0 Å². The van der Waals surface area contributed by atoms with Crippen LogP contribution in [0.3, 0.4) is 0 Å². The first-order chi connectivity index (χ1) is 6.79. The zero-order valence-electron chi connectivity index (χ0n) is 8.16. The van der Waals surface area contributed by atoms with Gasteiger partial charge in [-0.05, 0) is 36.4 Å². The Morgan fingerprint density at radius 2 is 1.79 bits per heavy atom. The van der Waals surface area contributed by atoms with Crippen molar-refractivity contribution in [3.8, 4) is 11.3 Å². The van der Waals surface area contributed by atoms with Crippen molar-refractivity contribution in [3.05, 3.63) is 42.2 Å². The predicted molar refractivity (Wildman–Crippen MR) is 57.9 cm³/mol. The summed E-state index contributed by atoms with van der Waals surface area (Å²) in [6.07, 6.45) is 0.926. The summed E-state index contributed by atoms with van der Waals surface area (Å²) >= 11 is 0. The average Bonchev–Trinajstić information content (AvgIpc) is 2.67. The molecule has 2 heteroatoms. The predicted octanol–water partition coefficient (Wildman–Crippen LogP) is 3.09. The fraction of sp³-hybridized carbons (Fsp3) is 0.167. The molecule has 0 aliphatic rings. The Hall–Kier alpha value is -1.70. The molecular weight excluding hydrogens is 174 g/mol. The Morgan fingerprint density at radius 3 is 2.36 bits per heavy atom. The van der Waals surface area contributed by atoms with Crippen molar-refractivity contribution in [2.24, 2.45) is 0 Å². The lowest BCUT2D eigenvalue weighted by atomic mass is 10.1. The Labute approximate surface area is 83.4 Å². The molecule has 2 rings (SSSR count). The number of nitrogens with two attached hydrogens (primary N) is 1. The SMILES string of the molecule is CCc1ccc(-c2ccc(N)cc2)o1. The molecule has 2 aromatic rings. The third-order valence-electron chi connectivity index (χ3n) is 2.21. The maximum absolute atomic E-state index is 5.62. The Bertz CT molecular complexity index is 414. The minimum Gasteiger partial charge on any atom is -0.461 e. The highest BCUT2D eigenvalue weighted by Gasteiger charge is 2.02. The van der Waals surface area contributed by atoms with Crippen molar-refractivity contribution in [1.29, 1.82) is 0 Å². The molecule has 0 aliphatic carbocycles. The summed E-state index contributed by atoms with van der Waals surface area (Å²) in [7, 11) is 0. The van der Waals surface area contributed by atoms with Crippen LogP contribution in [0.5, 0.6) is 0 Å². The number of anilines is 1. The van der Waals surface area contributed by atoms with Gasteiger partial charge in [-0.1, -0.05) is 6.92 Å². The lowest BCUT2D eigenvalue weighted by Gasteiger charge is -1.97. The van der Waals surface area contributed by atoms with E-state index in [1.165, 1.54) is 0 Å². The molecule has 0 spiro atoms. The van der Waals surface area contributed by atoms with E-state index in [2.05, 4.69) is 6.92 Å². The van der Waals surface area contributed by atoms with Gasteiger partial charge in [0.2, 0.25) is 0 Å². The molecule has 0 saturated carbocycles. The third-order valence-corrected chi connectivity index (χ3v) is 2.21. The van der Waals surface area contributed by atoms with Gasteiger partial charge in [0.15, 0.2) is 0 Å². The molecule has 0 amide bonds. The summed E-state index contributed by atoms with van der Waals surface area (Å²) in [6, 6.07) is 11.7. The Morgan fingerprint density at radius 1 is 1.07 bits per heavy atom. The van der Waals surface area contributed by atoms with Crippen LogP contribution in [0.25, 0.3) is 11.3 Å². The molecule has 0 fully saturated rings. The van der Waals surface area contributed by atoms with E-state index in [1.54, 1.807) is 0 Å². The van der Waals surface area contributed by atoms with Crippen molar-refractivity contribution in [1.82, 2.24) is 0 Å². The second-order valence-corrected chi connectivity index (χ2v) is 3.24. The average molecular weight is 187 g/mol. The van der Waals surface area contributed by atoms with Crippen LogP contribution >= 0.6 is 0 Å². The van der Waals surface area contributed by atoms with E-state index in [9.17, 15) is 0 Å². The van der Waals surface area contributed by atoms with Crippen molar-refractivity contribution < 1.29 is 4.42 Å². The normalized spacial score (nSPS) is 10.4. The summed E-state index contributed by atoms with van der Waals surface area (Å²) < 4.78 is 5.62. The Balaban J connectivity index is 2.34. The molecule has 0 atom stereocenters. The van der Waals surface area contributed by atoms with Crippen molar-refractivity contribution in [3.63, 3.8) is 0 Å². The summed E-state index contributed by atoms with van der Waals surface area (Å²) in [4.78, 5) is 0. The lowest BCUT2D eigenvalue weighted by Crippen LogP contribution is -1.82. The highest BCUT2D eigenvalue weighted by Crippen LogP contribution is 2.23. The van der Waals surface area contributed by atoms with E-state index < -0.39 is 0 Å². The zero-order valence-corrected chi connectivity index (χ0v) is 8.16. The van der Waals surface area contributed by atoms with E-state index in [0.717, 1.165) is 29.2 Å². The fourth-order valence-corrected chi connectivity index (χ4v) is 1.37. The van der Waals surface area contributed by atoms with Gasteiger partial charge in [0.25, 0.3) is 0 Å². The first kappa shape index (κ1) is 8.88. The first-order valence-corrected chi connectivity index (χ1v) is 4.74. The molecule has 0 bridgehead atoms. The molecule has 14 heavy (non-hydrogen) atoms. The Kier molecular flexibility index (Phi) is 2.27. The van der Waals surface area contributed by atoms with Gasteiger partial charge in [-0.25, -0.2) is 0 Å². The molecule has 0 aliphatic heterocycles. The van der Waals surface area contributed by atoms with E-state index in [-0.39, 0.29) is 0 Å². The fourth-order valence-electron chi connectivity index (χ4n) is 1.37. The number of furan rings is 1. The van der Waals surface area contributed by atoms with Gasteiger partial charge >= 0.3 is 0 Å². The highest BCUT2D eigenvalue weighted by atomic mass is 16.3. The standard InChI is InChI=1S/C12H13NO/c1-2-11-7-8-12(14-11)9-3-5-10(13)6-4-9/h3-8H,2,13H2,1H3. The maximum atomic E-state index is 5.62. The second-order valence-electron chi connectivity index (χ2n) is 3.24.